The van der Waals surface area contributed by atoms with E-state index in [0.29, 0.717) is 28.3 Å². The van der Waals surface area contributed by atoms with Gasteiger partial charge in [-0.1, -0.05) is 36.4 Å². The number of carbonyl (C=O) groups is 1. The molecule has 0 unspecified atom stereocenters. The molecule has 1 N–H and O–H groups in total. The van der Waals surface area contributed by atoms with E-state index in [1.165, 1.54) is 24.3 Å². The first-order valence-corrected chi connectivity index (χ1v) is 10.0. The second kappa shape index (κ2) is 10.4. The number of non-ortho nitro benzene ring substituents is 1. The Hall–Kier alpha value is -3.65. The van der Waals surface area contributed by atoms with Gasteiger partial charge in [0.15, 0.2) is 11.5 Å². The van der Waals surface area contributed by atoms with Crippen molar-refractivity contribution in [1.82, 2.24) is 0 Å². The monoisotopic (exact) mass is 482 g/mol. The molecule has 0 saturated carbocycles. The lowest BCUT2D eigenvalue weighted by molar-refractivity contribution is -0.384. The van der Waals surface area contributed by atoms with E-state index in [9.17, 15) is 14.9 Å². The van der Waals surface area contributed by atoms with Gasteiger partial charge >= 0.3 is 0 Å². The van der Waals surface area contributed by atoms with Gasteiger partial charge < -0.3 is 14.8 Å². The Morgan fingerprint density at radius 2 is 1.87 bits per heavy atom. The second-order valence-electron chi connectivity index (χ2n) is 6.43. The fourth-order valence-corrected chi connectivity index (χ4v) is 3.17. The number of nitrogens with one attached hydrogen (secondary N) is 1. The van der Waals surface area contributed by atoms with E-state index >= 15 is 0 Å². The second-order valence-corrected chi connectivity index (χ2v) is 7.28. The first-order chi connectivity index (χ1) is 15.0. The number of anilines is 1. The number of amides is 1. The average Bonchev–Trinajstić information content (AvgIpc) is 2.78. The van der Waals surface area contributed by atoms with Gasteiger partial charge in [-0.2, -0.15) is 0 Å². The molecule has 0 saturated heterocycles. The number of methoxy groups -OCH3 is 1. The number of nitro groups is 1. The maximum atomic E-state index is 12.2. The molecule has 0 fully saturated rings. The minimum Gasteiger partial charge on any atom is -0.493 e. The third-order valence-electron chi connectivity index (χ3n) is 4.27. The van der Waals surface area contributed by atoms with Gasteiger partial charge in [-0.15, -0.1) is 0 Å². The smallest absolute Gasteiger partial charge is 0.270 e. The van der Waals surface area contributed by atoms with Gasteiger partial charge in [0.05, 0.1) is 17.7 Å². The van der Waals surface area contributed by atoms with Crippen molar-refractivity contribution in [3.05, 3.63) is 98.5 Å². The molecule has 3 aromatic rings. The molecule has 8 heteroatoms. The van der Waals surface area contributed by atoms with Crippen molar-refractivity contribution >= 4 is 39.3 Å². The highest BCUT2D eigenvalue weighted by Crippen LogP contribution is 2.30. The Morgan fingerprint density at radius 1 is 1.10 bits per heavy atom. The Balaban J connectivity index is 1.64. The van der Waals surface area contributed by atoms with Crippen LogP contribution in [0, 0.1) is 10.1 Å². The number of carbonyl (C=O) groups excluding carboxylic acids is 1. The van der Waals surface area contributed by atoms with Gasteiger partial charge in [0, 0.05) is 22.7 Å². The van der Waals surface area contributed by atoms with E-state index in [-0.39, 0.29) is 11.6 Å². The average molecular weight is 483 g/mol. The third kappa shape index (κ3) is 6.16. The fourth-order valence-electron chi connectivity index (χ4n) is 2.71. The quantitative estimate of drug-likeness (QED) is 0.256. The predicted octanol–water partition coefficient (Wildman–Crippen LogP) is 5.60. The molecule has 0 spiro atoms. The van der Waals surface area contributed by atoms with Crippen molar-refractivity contribution in [2.24, 2.45) is 0 Å². The summed E-state index contributed by atoms with van der Waals surface area (Å²) in [5.74, 6) is 0.775. The summed E-state index contributed by atoms with van der Waals surface area (Å²) in [4.78, 5) is 22.5. The summed E-state index contributed by atoms with van der Waals surface area (Å²) >= 11 is 3.22. The Labute approximate surface area is 187 Å². The zero-order valence-corrected chi connectivity index (χ0v) is 18.2. The van der Waals surface area contributed by atoms with Crippen LogP contribution in [-0.2, 0) is 11.4 Å². The van der Waals surface area contributed by atoms with Crippen LogP contribution in [0.3, 0.4) is 0 Å². The number of hydrogen-bond donors (Lipinski definition) is 1. The summed E-state index contributed by atoms with van der Waals surface area (Å²) in [6, 6.07) is 19.3. The van der Waals surface area contributed by atoms with Crippen molar-refractivity contribution in [2.75, 3.05) is 12.4 Å². The van der Waals surface area contributed by atoms with E-state index in [1.807, 2.05) is 36.4 Å². The third-order valence-corrected chi connectivity index (χ3v) is 4.93. The van der Waals surface area contributed by atoms with Gasteiger partial charge in [-0.25, -0.2) is 0 Å². The van der Waals surface area contributed by atoms with E-state index < -0.39 is 4.92 Å². The first kappa shape index (κ1) is 22.0. The molecule has 0 radical (unpaired) electrons. The molecule has 3 rings (SSSR count). The van der Waals surface area contributed by atoms with Crippen molar-refractivity contribution in [3.63, 3.8) is 0 Å². The molecule has 0 atom stereocenters. The first-order valence-electron chi connectivity index (χ1n) is 9.24. The molecule has 158 valence electrons. The van der Waals surface area contributed by atoms with Gasteiger partial charge in [-0.05, 0) is 51.3 Å². The normalized spacial score (nSPS) is 10.6. The van der Waals surface area contributed by atoms with E-state index in [2.05, 4.69) is 21.2 Å². The van der Waals surface area contributed by atoms with Gasteiger partial charge in [0.1, 0.15) is 6.61 Å². The van der Waals surface area contributed by atoms with Gasteiger partial charge in [-0.3, -0.25) is 14.9 Å². The highest BCUT2D eigenvalue weighted by molar-refractivity contribution is 9.10. The van der Waals surface area contributed by atoms with Crippen molar-refractivity contribution in [2.45, 2.75) is 6.61 Å². The molecule has 0 aliphatic heterocycles. The van der Waals surface area contributed by atoms with Crippen LogP contribution in [0.15, 0.2) is 77.3 Å². The molecular weight excluding hydrogens is 464 g/mol. The van der Waals surface area contributed by atoms with Crippen LogP contribution < -0.4 is 14.8 Å². The van der Waals surface area contributed by atoms with Gasteiger partial charge in [0.25, 0.3) is 5.69 Å². The largest absolute Gasteiger partial charge is 0.493 e. The molecule has 3 aromatic carbocycles. The predicted molar refractivity (Wildman–Crippen MR) is 122 cm³/mol. The summed E-state index contributed by atoms with van der Waals surface area (Å²) in [6.07, 6.45) is 3.01. The molecule has 7 nitrogen and oxygen atoms in total. The zero-order chi connectivity index (χ0) is 22.2. The van der Waals surface area contributed by atoms with Crippen LogP contribution in [0.2, 0.25) is 0 Å². The highest BCUT2D eigenvalue weighted by Gasteiger charge is 2.10. The minimum atomic E-state index is -0.503. The maximum absolute atomic E-state index is 12.2. The zero-order valence-electron chi connectivity index (χ0n) is 16.6. The molecular formula is C23H19BrN2O5. The lowest BCUT2D eigenvalue weighted by atomic mass is 10.2. The Kier molecular flexibility index (Phi) is 7.40. The Morgan fingerprint density at radius 3 is 2.55 bits per heavy atom. The molecule has 1 amide bonds. The van der Waals surface area contributed by atoms with Crippen LogP contribution in [0.4, 0.5) is 11.4 Å². The molecule has 31 heavy (non-hydrogen) atoms. The number of ether oxygens (including phenoxy) is 2. The summed E-state index contributed by atoms with van der Waals surface area (Å²) < 4.78 is 11.7. The number of rotatable bonds is 8. The topological polar surface area (TPSA) is 90.7 Å². The van der Waals surface area contributed by atoms with Crippen LogP contribution in [-0.4, -0.2) is 17.9 Å². The molecule has 0 bridgehead atoms. The lowest BCUT2D eigenvalue weighted by Gasteiger charge is -2.11. The molecule has 0 aromatic heterocycles. The SMILES string of the molecule is COc1cc(/C=C/C(=O)Nc2ccc([N+](=O)[O-])cc2Br)ccc1OCc1ccccc1. The summed E-state index contributed by atoms with van der Waals surface area (Å²) in [6.45, 7) is 0.416. The lowest BCUT2D eigenvalue weighted by Crippen LogP contribution is -2.08. The molecule has 0 aliphatic carbocycles. The molecule has 0 aliphatic rings. The van der Waals surface area contributed by atoms with Gasteiger partial charge in [0.2, 0.25) is 5.91 Å². The summed E-state index contributed by atoms with van der Waals surface area (Å²) in [7, 11) is 1.55. The van der Waals surface area contributed by atoms with E-state index in [4.69, 9.17) is 9.47 Å². The van der Waals surface area contributed by atoms with Crippen LogP contribution >= 0.6 is 15.9 Å². The number of halogens is 1. The van der Waals surface area contributed by atoms with Crippen molar-refractivity contribution < 1.29 is 19.2 Å². The number of hydrogen-bond acceptors (Lipinski definition) is 5. The summed E-state index contributed by atoms with van der Waals surface area (Å²) in [5.41, 5.74) is 2.16. The minimum absolute atomic E-state index is 0.0675. The number of nitrogens with zero attached hydrogens (tertiary/aromatic N) is 1. The summed E-state index contributed by atoms with van der Waals surface area (Å²) in [5, 5.41) is 13.5. The van der Waals surface area contributed by atoms with Crippen LogP contribution in [0.5, 0.6) is 11.5 Å². The van der Waals surface area contributed by atoms with E-state index in [1.54, 1.807) is 25.3 Å². The number of benzene rings is 3. The van der Waals surface area contributed by atoms with Crippen LogP contribution in [0.1, 0.15) is 11.1 Å². The molecule has 0 heterocycles. The Bertz CT molecular complexity index is 1120. The number of nitro benzene ring substituents is 1. The van der Waals surface area contributed by atoms with Crippen molar-refractivity contribution in [3.8, 4) is 11.5 Å². The highest BCUT2D eigenvalue weighted by atomic mass is 79.9. The van der Waals surface area contributed by atoms with E-state index in [0.717, 1.165) is 11.1 Å². The fraction of sp³-hybridized carbons (Fsp3) is 0.0870. The standard InChI is InChI=1S/C23H19BrN2O5/c1-30-22-13-16(7-11-21(22)31-15-17-5-3-2-4-6-17)8-12-23(27)25-20-10-9-18(26(28)29)14-19(20)24/h2-14H,15H2,1H3,(H,25,27)/b12-8+. The maximum Gasteiger partial charge on any atom is 0.270 e. The van der Waals surface area contributed by atoms with Crippen molar-refractivity contribution in [1.29, 1.82) is 0 Å². The van der Waals surface area contributed by atoms with Crippen LogP contribution in [0.25, 0.3) is 6.08 Å².